The molecule has 0 aromatic heterocycles. The van der Waals surface area contributed by atoms with E-state index in [1.165, 1.54) is 5.56 Å². The summed E-state index contributed by atoms with van der Waals surface area (Å²) < 4.78 is 0. The summed E-state index contributed by atoms with van der Waals surface area (Å²) in [5, 5.41) is 0.628. The zero-order chi connectivity index (χ0) is 19.2. The van der Waals surface area contributed by atoms with E-state index >= 15 is 0 Å². The lowest BCUT2D eigenvalue weighted by atomic mass is 9.97. The minimum absolute atomic E-state index is 0.0872. The predicted molar refractivity (Wildman–Crippen MR) is 108 cm³/mol. The highest BCUT2D eigenvalue weighted by atomic mass is 35.5. The third-order valence-electron chi connectivity index (χ3n) is 5.11. The molecule has 0 spiro atoms. The number of nitrogens with zero attached hydrogens (tertiary/aromatic N) is 2. The fourth-order valence-electron chi connectivity index (χ4n) is 3.38. The first-order valence-electron chi connectivity index (χ1n) is 9.37. The van der Waals surface area contributed by atoms with Crippen molar-refractivity contribution in [3.8, 4) is 0 Å². The van der Waals surface area contributed by atoms with Crippen LogP contribution in [0.15, 0.2) is 54.6 Å². The number of carbonyl (C=O) groups excluding carboxylic acids is 2. The molecule has 1 aliphatic rings. The monoisotopic (exact) mass is 384 g/mol. The van der Waals surface area contributed by atoms with Gasteiger partial charge >= 0.3 is 0 Å². The van der Waals surface area contributed by atoms with Crippen LogP contribution in [0.1, 0.15) is 35.2 Å². The highest BCUT2D eigenvalue weighted by molar-refractivity contribution is 6.30. The lowest BCUT2D eigenvalue weighted by Gasteiger charge is -2.35. The number of halogens is 1. The van der Waals surface area contributed by atoms with Crippen LogP contribution in [-0.4, -0.2) is 54.2 Å². The van der Waals surface area contributed by atoms with Crippen LogP contribution in [0.4, 0.5) is 0 Å². The molecule has 4 nitrogen and oxygen atoms in total. The average Bonchev–Trinajstić information content (AvgIpc) is 2.69. The van der Waals surface area contributed by atoms with Crippen LogP contribution in [0.25, 0.3) is 0 Å². The zero-order valence-electron chi connectivity index (χ0n) is 15.6. The van der Waals surface area contributed by atoms with E-state index in [0.29, 0.717) is 36.6 Å². The molecule has 0 radical (unpaired) electrons. The lowest BCUT2D eigenvalue weighted by Crippen LogP contribution is -2.50. The number of rotatable bonds is 6. The summed E-state index contributed by atoms with van der Waals surface area (Å²) in [7, 11) is 0. The van der Waals surface area contributed by atoms with Gasteiger partial charge < -0.3 is 4.90 Å². The second kappa shape index (κ2) is 9.16. The van der Waals surface area contributed by atoms with E-state index in [4.69, 9.17) is 11.6 Å². The molecule has 1 heterocycles. The Hall–Kier alpha value is -2.17. The summed E-state index contributed by atoms with van der Waals surface area (Å²) in [5.41, 5.74) is 1.87. The van der Waals surface area contributed by atoms with Gasteiger partial charge in [0, 0.05) is 43.2 Å². The van der Waals surface area contributed by atoms with E-state index in [1.807, 2.05) is 23.1 Å². The van der Waals surface area contributed by atoms with Crippen LogP contribution >= 0.6 is 11.6 Å². The molecule has 2 aromatic carbocycles. The third kappa shape index (κ3) is 5.41. The topological polar surface area (TPSA) is 40.6 Å². The average molecular weight is 385 g/mol. The first-order chi connectivity index (χ1) is 13.0. The molecule has 1 unspecified atom stereocenters. The van der Waals surface area contributed by atoms with Gasteiger partial charge in [0.1, 0.15) is 0 Å². The maximum absolute atomic E-state index is 12.6. The van der Waals surface area contributed by atoms with Gasteiger partial charge in [0.25, 0.3) is 0 Å². The minimum atomic E-state index is 0.0872. The van der Waals surface area contributed by atoms with Crippen LogP contribution in [-0.2, 0) is 4.79 Å². The first-order valence-corrected chi connectivity index (χ1v) is 9.74. The molecule has 5 heteroatoms. The quantitative estimate of drug-likeness (QED) is 0.710. The van der Waals surface area contributed by atoms with Gasteiger partial charge in [-0.05, 0) is 35.7 Å². The Morgan fingerprint density at radius 3 is 2.22 bits per heavy atom. The van der Waals surface area contributed by atoms with Gasteiger partial charge in [-0.25, -0.2) is 0 Å². The minimum Gasteiger partial charge on any atom is -0.340 e. The summed E-state index contributed by atoms with van der Waals surface area (Å²) >= 11 is 5.87. The highest BCUT2D eigenvalue weighted by Gasteiger charge is 2.24. The second-order valence-electron chi connectivity index (χ2n) is 7.10. The molecule has 1 atom stereocenters. The van der Waals surface area contributed by atoms with Crippen LogP contribution in [0, 0.1) is 0 Å². The number of carbonyl (C=O) groups is 2. The number of hydrogen-bond donors (Lipinski definition) is 0. The molecule has 1 amide bonds. The molecule has 1 saturated heterocycles. The molecule has 1 fully saturated rings. The molecule has 0 saturated carbocycles. The molecule has 3 rings (SSSR count). The molecule has 142 valence electrons. The fraction of sp³-hybridized carbons (Fsp3) is 0.364. The predicted octanol–water partition coefficient (Wildman–Crippen LogP) is 3.86. The van der Waals surface area contributed by atoms with E-state index in [-0.39, 0.29) is 17.6 Å². The molecule has 0 aliphatic carbocycles. The molecule has 2 aromatic rings. The SMILES string of the molecule is CC(CC(=O)N1CCN(CC(=O)c2ccc(Cl)cc2)CC1)c1ccccc1. The van der Waals surface area contributed by atoms with Gasteiger partial charge in [-0.2, -0.15) is 0 Å². The summed E-state index contributed by atoms with van der Waals surface area (Å²) in [6.45, 7) is 5.27. The molecule has 27 heavy (non-hydrogen) atoms. The van der Waals surface area contributed by atoms with Gasteiger partial charge in [-0.3, -0.25) is 14.5 Å². The van der Waals surface area contributed by atoms with Gasteiger partial charge in [-0.15, -0.1) is 0 Å². The maximum Gasteiger partial charge on any atom is 0.223 e. The van der Waals surface area contributed by atoms with Gasteiger partial charge in [-0.1, -0.05) is 48.9 Å². The second-order valence-corrected chi connectivity index (χ2v) is 7.54. The van der Waals surface area contributed by atoms with Gasteiger partial charge in [0.2, 0.25) is 5.91 Å². The Morgan fingerprint density at radius 1 is 0.963 bits per heavy atom. The lowest BCUT2D eigenvalue weighted by molar-refractivity contribution is -0.133. The smallest absolute Gasteiger partial charge is 0.223 e. The largest absolute Gasteiger partial charge is 0.340 e. The van der Waals surface area contributed by atoms with E-state index in [0.717, 1.165) is 13.1 Å². The van der Waals surface area contributed by atoms with Crippen molar-refractivity contribution in [2.75, 3.05) is 32.7 Å². The third-order valence-corrected chi connectivity index (χ3v) is 5.36. The summed E-state index contributed by atoms with van der Waals surface area (Å²) in [5.74, 6) is 0.488. The Bertz CT molecular complexity index is 769. The number of hydrogen-bond acceptors (Lipinski definition) is 3. The van der Waals surface area contributed by atoms with Crippen molar-refractivity contribution in [1.29, 1.82) is 0 Å². The van der Waals surface area contributed by atoms with Crippen molar-refractivity contribution in [2.24, 2.45) is 0 Å². The van der Waals surface area contributed by atoms with Crippen molar-refractivity contribution < 1.29 is 9.59 Å². The number of Topliss-reactive ketones (excluding diaryl/α,β-unsaturated/α-hetero) is 1. The number of piperazine rings is 1. The number of ketones is 1. The molecule has 1 aliphatic heterocycles. The Kier molecular flexibility index (Phi) is 6.64. The van der Waals surface area contributed by atoms with E-state index < -0.39 is 0 Å². The van der Waals surface area contributed by atoms with Gasteiger partial charge in [0.15, 0.2) is 5.78 Å². The molecule has 0 N–H and O–H groups in total. The first kappa shape index (κ1) is 19.6. The Morgan fingerprint density at radius 2 is 1.59 bits per heavy atom. The van der Waals surface area contributed by atoms with Crippen LogP contribution < -0.4 is 0 Å². The highest BCUT2D eigenvalue weighted by Crippen LogP contribution is 2.20. The maximum atomic E-state index is 12.6. The van der Waals surface area contributed by atoms with E-state index in [2.05, 4.69) is 24.0 Å². The van der Waals surface area contributed by atoms with Crippen molar-refractivity contribution in [2.45, 2.75) is 19.3 Å². The van der Waals surface area contributed by atoms with Crippen LogP contribution in [0.3, 0.4) is 0 Å². The Balaban J connectivity index is 1.46. The van der Waals surface area contributed by atoms with Crippen LogP contribution in [0.5, 0.6) is 0 Å². The molecular formula is C22H25ClN2O2. The van der Waals surface area contributed by atoms with Crippen molar-refractivity contribution in [3.63, 3.8) is 0 Å². The van der Waals surface area contributed by atoms with Gasteiger partial charge in [0.05, 0.1) is 6.54 Å². The zero-order valence-corrected chi connectivity index (χ0v) is 16.4. The summed E-state index contributed by atoms with van der Waals surface area (Å²) in [6.07, 6.45) is 0.522. The number of benzene rings is 2. The van der Waals surface area contributed by atoms with Crippen molar-refractivity contribution in [1.82, 2.24) is 9.80 Å². The number of amides is 1. The summed E-state index contributed by atoms with van der Waals surface area (Å²) in [6, 6.07) is 17.1. The van der Waals surface area contributed by atoms with E-state index in [9.17, 15) is 9.59 Å². The van der Waals surface area contributed by atoms with Crippen molar-refractivity contribution in [3.05, 3.63) is 70.7 Å². The van der Waals surface area contributed by atoms with Crippen LogP contribution in [0.2, 0.25) is 5.02 Å². The normalized spacial score (nSPS) is 16.1. The van der Waals surface area contributed by atoms with E-state index in [1.54, 1.807) is 24.3 Å². The standard InChI is InChI=1S/C22H25ClN2O2/c1-17(18-5-3-2-4-6-18)15-22(27)25-13-11-24(12-14-25)16-21(26)19-7-9-20(23)10-8-19/h2-10,17H,11-16H2,1H3. The van der Waals surface area contributed by atoms with Crippen molar-refractivity contribution >= 4 is 23.3 Å². The summed E-state index contributed by atoms with van der Waals surface area (Å²) in [4.78, 5) is 29.0. The molecular weight excluding hydrogens is 360 g/mol. The fourth-order valence-corrected chi connectivity index (χ4v) is 3.50. The molecule has 0 bridgehead atoms. The Labute approximate surface area is 165 Å².